The first-order valence-corrected chi connectivity index (χ1v) is 8.71. The summed E-state index contributed by atoms with van der Waals surface area (Å²) >= 11 is 0. The van der Waals surface area contributed by atoms with Crippen molar-refractivity contribution in [3.05, 3.63) is 36.0 Å². The Kier molecular flexibility index (Phi) is 7.28. The number of nitrogens with zero attached hydrogens (tertiary/aromatic N) is 3. The number of carbonyl (C=O) groups excluding carboxylic acids is 2. The molecule has 2 N–H and O–H groups in total. The third-order valence-corrected chi connectivity index (χ3v) is 3.64. The zero-order valence-electron chi connectivity index (χ0n) is 15.4. The molecule has 0 saturated heterocycles. The van der Waals surface area contributed by atoms with E-state index in [1.165, 1.54) is 6.92 Å². The lowest BCUT2D eigenvalue weighted by molar-refractivity contribution is -0.117. The lowest BCUT2D eigenvalue weighted by Crippen LogP contribution is -2.33. The van der Waals surface area contributed by atoms with E-state index in [0.29, 0.717) is 36.2 Å². The summed E-state index contributed by atoms with van der Waals surface area (Å²) in [6.07, 6.45) is 1.70. The van der Waals surface area contributed by atoms with Gasteiger partial charge in [-0.25, -0.2) is 0 Å². The highest BCUT2D eigenvalue weighted by atomic mass is 16.5. The predicted molar refractivity (Wildman–Crippen MR) is 98.6 cm³/mol. The van der Waals surface area contributed by atoms with Crippen molar-refractivity contribution in [1.82, 2.24) is 15.0 Å². The van der Waals surface area contributed by atoms with Crippen molar-refractivity contribution < 1.29 is 14.1 Å². The van der Waals surface area contributed by atoms with Gasteiger partial charge in [0.2, 0.25) is 17.7 Å². The molecular formula is C18H25N5O3. The third kappa shape index (κ3) is 6.29. The van der Waals surface area contributed by atoms with E-state index in [9.17, 15) is 9.59 Å². The number of rotatable bonds is 9. The maximum absolute atomic E-state index is 12.3. The van der Waals surface area contributed by atoms with Crippen LogP contribution in [0, 0.1) is 0 Å². The molecule has 0 atom stereocenters. The van der Waals surface area contributed by atoms with Gasteiger partial charge >= 0.3 is 0 Å². The third-order valence-electron chi connectivity index (χ3n) is 3.64. The van der Waals surface area contributed by atoms with E-state index in [-0.39, 0.29) is 18.4 Å². The molecule has 8 heteroatoms. The van der Waals surface area contributed by atoms with Crippen LogP contribution in [0.2, 0.25) is 0 Å². The fourth-order valence-corrected chi connectivity index (χ4v) is 2.39. The van der Waals surface area contributed by atoms with Crippen molar-refractivity contribution >= 4 is 23.2 Å². The van der Waals surface area contributed by atoms with Gasteiger partial charge in [0.15, 0.2) is 5.82 Å². The van der Waals surface area contributed by atoms with E-state index in [1.54, 1.807) is 24.3 Å². The smallest absolute Gasteiger partial charge is 0.238 e. The highest BCUT2D eigenvalue weighted by molar-refractivity contribution is 5.93. The summed E-state index contributed by atoms with van der Waals surface area (Å²) < 4.78 is 5.17. The van der Waals surface area contributed by atoms with Crippen LogP contribution in [-0.2, 0) is 22.6 Å². The zero-order chi connectivity index (χ0) is 18.9. The molecule has 0 fully saturated rings. The molecule has 1 aromatic heterocycles. The number of aryl methyl sites for hydroxylation is 1. The quantitative estimate of drug-likeness (QED) is 0.713. The lowest BCUT2D eigenvalue weighted by atomic mass is 10.2. The number of benzene rings is 1. The van der Waals surface area contributed by atoms with Gasteiger partial charge in [0.05, 0.1) is 13.1 Å². The van der Waals surface area contributed by atoms with Crippen LogP contribution >= 0.6 is 0 Å². The number of anilines is 2. The average Bonchev–Trinajstić information content (AvgIpc) is 3.03. The van der Waals surface area contributed by atoms with Crippen molar-refractivity contribution in [2.45, 2.75) is 40.2 Å². The van der Waals surface area contributed by atoms with Crippen LogP contribution in [0.1, 0.15) is 38.9 Å². The molecule has 1 aromatic carbocycles. The first-order valence-electron chi connectivity index (χ1n) is 8.71. The monoisotopic (exact) mass is 359 g/mol. The number of amides is 2. The molecule has 0 radical (unpaired) electrons. The van der Waals surface area contributed by atoms with Crippen molar-refractivity contribution in [1.29, 1.82) is 0 Å². The standard InChI is InChI=1S/C18H25N5O3/c1-4-6-18-21-16(22-26-18)11-23(5-2)12-17(25)20-15-9-7-14(8-10-15)19-13(3)24/h7-10H,4-6,11-12H2,1-3H3,(H,19,24)(H,20,25). The van der Waals surface area contributed by atoms with E-state index in [4.69, 9.17) is 4.52 Å². The van der Waals surface area contributed by atoms with Gasteiger partial charge in [-0.1, -0.05) is 19.0 Å². The van der Waals surface area contributed by atoms with Gasteiger partial charge in [0.25, 0.3) is 0 Å². The van der Waals surface area contributed by atoms with E-state index in [2.05, 4.69) is 27.7 Å². The number of likely N-dealkylation sites (N-methyl/N-ethyl adjacent to an activating group) is 1. The molecule has 1 heterocycles. The van der Waals surface area contributed by atoms with E-state index >= 15 is 0 Å². The van der Waals surface area contributed by atoms with Crippen LogP contribution in [0.15, 0.2) is 28.8 Å². The van der Waals surface area contributed by atoms with Crippen LogP contribution in [0.5, 0.6) is 0 Å². The molecule has 0 unspecified atom stereocenters. The van der Waals surface area contributed by atoms with Gasteiger partial charge in [0.1, 0.15) is 0 Å². The largest absolute Gasteiger partial charge is 0.339 e. The molecule has 0 bridgehead atoms. The van der Waals surface area contributed by atoms with Gasteiger partial charge in [0, 0.05) is 24.7 Å². The Balaban J connectivity index is 1.86. The summed E-state index contributed by atoms with van der Waals surface area (Å²) in [7, 11) is 0. The summed E-state index contributed by atoms with van der Waals surface area (Å²) in [5, 5.41) is 9.48. The van der Waals surface area contributed by atoms with Crippen molar-refractivity contribution in [2.75, 3.05) is 23.7 Å². The minimum absolute atomic E-state index is 0.128. The summed E-state index contributed by atoms with van der Waals surface area (Å²) in [4.78, 5) is 29.5. The number of hydrogen-bond donors (Lipinski definition) is 2. The first-order chi connectivity index (χ1) is 12.5. The Labute approximate surface area is 153 Å². The van der Waals surface area contributed by atoms with E-state index < -0.39 is 0 Å². The maximum Gasteiger partial charge on any atom is 0.238 e. The molecule has 2 rings (SSSR count). The second kappa shape index (κ2) is 9.67. The molecule has 0 aliphatic carbocycles. The second-order valence-electron chi connectivity index (χ2n) is 5.96. The number of hydrogen-bond acceptors (Lipinski definition) is 6. The molecule has 0 aliphatic rings. The first kappa shape index (κ1) is 19.6. The summed E-state index contributed by atoms with van der Waals surface area (Å²) in [5.74, 6) is 0.949. The molecule has 8 nitrogen and oxygen atoms in total. The van der Waals surface area contributed by atoms with Crippen molar-refractivity contribution in [3.63, 3.8) is 0 Å². The number of carbonyl (C=O) groups is 2. The van der Waals surface area contributed by atoms with Crippen LogP contribution in [0.3, 0.4) is 0 Å². The Morgan fingerprint density at radius 1 is 1.12 bits per heavy atom. The van der Waals surface area contributed by atoms with Gasteiger partial charge < -0.3 is 15.2 Å². The Bertz CT molecular complexity index is 727. The molecule has 0 aliphatic heterocycles. The highest BCUT2D eigenvalue weighted by Gasteiger charge is 2.14. The zero-order valence-corrected chi connectivity index (χ0v) is 15.4. The second-order valence-corrected chi connectivity index (χ2v) is 5.96. The van der Waals surface area contributed by atoms with Gasteiger partial charge in [-0.2, -0.15) is 4.98 Å². The Morgan fingerprint density at radius 3 is 2.35 bits per heavy atom. The average molecular weight is 359 g/mol. The molecular weight excluding hydrogens is 334 g/mol. The number of nitrogens with one attached hydrogen (secondary N) is 2. The van der Waals surface area contributed by atoms with Gasteiger partial charge in [-0.3, -0.25) is 14.5 Å². The highest BCUT2D eigenvalue weighted by Crippen LogP contribution is 2.13. The summed E-state index contributed by atoms with van der Waals surface area (Å²) in [6.45, 7) is 6.84. The molecule has 0 saturated carbocycles. The molecule has 2 amide bonds. The van der Waals surface area contributed by atoms with E-state index in [1.807, 2.05) is 11.8 Å². The lowest BCUT2D eigenvalue weighted by Gasteiger charge is -2.17. The van der Waals surface area contributed by atoms with Crippen LogP contribution in [0.4, 0.5) is 11.4 Å². The van der Waals surface area contributed by atoms with Crippen molar-refractivity contribution in [3.8, 4) is 0 Å². The van der Waals surface area contributed by atoms with Gasteiger partial charge in [-0.15, -0.1) is 0 Å². The van der Waals surface area contributed by atoms with Crippen LogP contribution in [-0.4, -0.2) is 39.9 Å². The summed E-state index contributed by atoms with van der Waals surface area (Å²) in [6, 6.07) is 6.97. The topological polar surface area (TPSA) is 100 Å². The van der Waals surface area contributed by atoms with Crippen molar-refractivity contribution in [2.24, 2.45) is 0 Å². The van der Waals surface area contributed by atoms with Gasteiger partial charge in [-0.05, 0) is 37.2 Å². The van der Waals surface area contributed by atoms with Crippen LogP contribution in [0.25, 0.3) is 0 Å². The van der Waals surface area contributed by atoms with Crippen LogP contribution < -0.4 is 10.6 Å². The maximum atomic E-state index is 12.3. The van der Waals surface area contributed by atoms with E-state index in [0.717, 1.165) is 12.8 Å². The molecule has 140 valence electrons. The predicted octanol–water partition coefficient (Wildman–Crippen LogP) is 2.44. The Morgan fingerprint density at radius 2 is 1.77 bits per heavy atom. The molecule has 26 heavy (non-hydrogen) atoms. The SMILES string of the molecule is CCCc1nc(CN(CC)CC(=O)Nc2ccc(NC(C)=O)cc2)no1. The molecule has 0 spiro atoms. The normalized spacial score (nSPS) is 10.8. The minimum Gasteiger partial charge on any atom is -0.339 e. The fourth-order valence-electron chi connectivity index (χ4n) is 2.39. The Hall–Kier alpha value is -2.74. The minimum atomic E-state index is -0.135. The molecule has 2 aromatic rings. The number of aromatic nitrogens is 2. The fraction of sp³-hybridized carbons (Fsp3) is 0.444. The summed E-state index contributed by atoms with van der Waals surface area (Å²) in [5.41, 5.74) is 1.36.